The number of amides is 1. The van der Waals surface area contributed by atoms with Gasteiger partial charge in [-0.2, -0.15) is 0 Å². The van der Waals surface area contributed by atoms with Gasteiger partial charge in [0.05, 0.1) is 5.56 Å². The SMILES string of the molecule is Cc1cccc(CNC(=O)c2cnc(Nc3cccc(F)c3)nc2)c1. The van der Waals surface area contributed by atoms with Gasteiger partial charge in [-0.1, -0.05) is 35.9 Å². The zero-order chi connectivity index (χ0) is 17.6. The van der Waals surface area contributed by atoms with Crippen LogP contribution in [0.4, 0.5) is 16.0 Å². The van der Waals surface area contributed by atoms with Crippen LogP contribution in [-0.4, -0.2) is 15.9 Å². The fourth-order valence-electron chi connectivity index (χ4n) is 2.31. The number of hydrogen-bond donors (Lipinski definition) is 2. The Kier molecular flexibility index (Phi) is 4.99. The van der Waals surface area contributed by atoms with Crippen LogP contribution in [0.3, 0.4) is 0 Å². The molecule has 0 saturated heterocycles. The summed E-state index contributed by atoms with van der Waals surface area (Å²) in [7, 11) is 0. The summed E-state index contributed by atoms with van der Waals surface area (Å²) in [5.41, 5.74) is 3.07. The van der Waals surface area contributed by atoms with Crippen LogP contribution in [0.15, 0.2) is 60.9 Å². The van der Waals surface area contributed by atoms with E-state index in [0.717, 1.165) is 11.1 Å². The van der Waals surface area contributed by atoms with Crippen LogP contribution in [0, 0.1) is 12.7 Å². The fraction of sp³-hybridized carbons (Fsp3) is 0.105. The highest BCUT2D eigenvalue weighted by atomic mass is 19.1. The Hall–Kier alpha value is -3.28. The number of carbonyl (C=O) groups excluding carboxylic acids is 1. The molecule has 25 heavy (non-hydrogen) atoms. The Balaban J connectivity index is 1.60. The van der Waals surface area contributed by atoms with E-state index >= 15 is 0 Å². The van der Waals surface area contributed by atoms with Crippen molar-refractivity contribution in [3.05, 3.63) is 83.4 Å². The van der Waals surface area contributed by atoms with Gasteiger partial charge in [-0.25, -0.2) is 14.4 Å². The summed E-state index contributed by atoms with van der Waals surface area (Å²) in [6.45, 7) is 2.44. The normalized spacial score (nSPS) is 10.3. The number of benzene rings is 2. The van der Waals surface area contributed by atoms with Crippen molar-refractivity contribution >= 4 is 17.5 Å². The molecule has 0 aliphatic heterocycles. The lowest BCUT2D eigenvalue weighted by Crippen LogP contribution is -2.23. The first-order valence-electron chi connectivity index (χ1n) is 7.78. The molecular weight excluding hydrogens is 319 g/mol. The Bertz CT molecular complexity index is 881. The third kappa shape index (κ3) is 4.60. The second-order valence-corrected chi connectivity index (χ2v) is 5.60. The van der Waals surface area contributed by atoms with Crippen LogP contribution in [0.2, 0.25) is 0 Å². The lowest BCUT2D eigenvalue weighted by Gasteiger charge is -2.07. The van der Waals surface area contributed by atoms with Crippen LogP contribution in [0.5, 0.6) is 0 Å². The third-order valence-electron chi connectivity index (χ3n) is 3.53. The molecule has 0 saturated carbocycles. The summed E-state index contributed by atoms with van der Waals surface area (Å²) in [6, 6.07) is 13.9. The Morgan fingerprint density at radius 1 is 1.08 bits per heavy atom. The van der Waals surface area contributed by atoms with Gasteiger partial charge in [0, 0.05) is 24.6 Å². The Labute approximate surface area is 145 Å². The lowest BCUT2D eigenvalue weighted by atomic mass is 10.1. The monoisotopic (exact) mass is 336 g/mol. The summed E-state index contributed by atoms with van der Waals surface area (Å²) in [4.78, 5) is 20.3. The summed E-state index contributed by atoms with van der Waals surface area (Å²) < 4.78 is 13.2. The van der Waals surface area contributed by atoms with Crippen LogP contribution in [-0.2, 0) is 6.54 Å². The van der Waals surface area contributed by atoms with Crippen molar-refractivity contribution in [3.63, 3.8) is 0 Å². The average Bonchev–Trinajstić information content (AvgIpc) is 2.60. The molecule has 0 unspecified atom stereocenters. The predicted octanol–water partition coefficient (Wildman–Crippen LogP) is 3.60. The molecule has 0 spiro atoms. The molecule has 0 aliphatic carbocycles. The van der Waals surface area contributed by atoms with Crippen molar-refractivity contribution in [2.45, 2.75) is 13.5 Å². The second kappa shape index (κ2) is 7.53. The Morgan fingerprint density at radius 2 is 1.84 bits per heavy atom. The van der Waals surface area contributed by atoms with E-state index in [0.29, 0.717) is 23.7 Å². The van der Waals surface area contributed by atoms with Crippen LogP contribution in [0.1, 0.15) is 21.5 Å². The first-order chi connectivity index (χ1) is 12.1. The van der Waals surface area contributed by atoms with E-state index in [1.807, 2.05) is 31.2 Å². The van der Waals surface area contributed by atoms with Gasteiger partial charge < -0.3 is 10.6 Å². The summed E-state index contributed by atoms with van der Waals surface area (Å²) in [6.07, 6.45) is 2.86. The van der Waals surface area contributed by atoms with Crippen molar-refractivity contribution in [1.82, 2.24) is 15.3 Å². The summed E-state index contributed by atoms with van der Waals surface area (Å²) in [5, 5.41) is 5.71. The first kappa shape index (κ1) is 16.6. The summed E-state index contributed by atoms with van der Waals surface area (Å²) >= 11 is 0. The second-order valence-electron chi connectivity index (χ2n) is 5.60. The molecule has 1 aromatic heterocycles. The highest BCUT2D eigenvalue weighted by Crippen LogP contribution is 2.13. The number of hydrogen-bond acceptors (Lipinski definition) is 4. The van der Waals surface area contributed by atoms with Gasteiger partial charge in [-0.15, -0.1) is 0 Å². The van der Waals surface area contributed by atoms with E-state index in [4.69, 9.17) is 0 Å². The molecule has 6 heteroatoms. The maximum absolute atomic E-state index is 13.2. The first-order valence-corrected chi connectivity index (χ1v) is 7.78. The number of aromatic nitrogens is 2. The van der Waals surface area contributed by atoms with Gasteiger partial charge in [-0.05, 0) is 30.7 Å². The van der Waals surface area contributed by atoms with Crippen molar-refractivity contribution in [1.29, 1.82) is 0 Å². The highest BCUT2D eigenvalue weighted by molar-refractivity contribution is 5.93. The smallest absolute Gasteiger partial charge is 0.254 e. The van der Waals surface area contributed by atoms with Crippen molar-refractivity contribution in [2.75, 3.05) is 5.32 Å². The molecule has 3 aromatic rings. The number of carbonyl (C=O) groups is 1. The zero-order valence-electron chi connectivity index (χ0n) is 13.7. The zero-order valence-corrected chi connectivity index (χ0v) is 13.7. The van der Waals surface area contributed by atoms with Crippen molar-refractivity contribution in [2.24, 2.45) is 0 Å². The van der Waals surface area contributed by atoms with E-state index in [-0.39, 0.29) is 11.7 Å². The van der Waals surface area contributed by atoms with Crippen molar-refractivity contribution in [3.8, 4) is 0 Å². The highest BCUT2D eigenvalue weighted by Gasteiger charge is 2.07. The van der Waals surface area contributed by atoms with E-state index in [1.54, 1.807) is 12.1 Å². The topological polar surface area (TPSA) is 66.9 Å². The van der Waals surface area contributed by atoms with Gasteiger partial charge in [0.1, 0.15) is 5.82 Å². The quantitative estimate of drug-likeness (QED) is 0.747. The molecule has 0 atom stereocenters. The van der Waals surface area contributed by atoms with Gasteiger partial charge >= 0.3 is 0 Å². The average molecular weight is 336 g/mol. The van der Waals surface area contributed by atoms with Gasteiger partial charge in [0.25, 0.3) is 5.91 Å². The fourth-order valence-corrected chi connectivity index (χ4v) is 2.31. The van der Waals surface area contributed by atoms with E-state index in [1.165, 1.54) is 24.5 Å². The van der Waals surface area contributed by atoms with Gasteiger partial charge in [0.2, 0.25) is 5.95 Å². The molecule has 0 fully saturated rings. The molecule has 1 heterocycles. The maximum atomic E-state index is 13.2. The number of anilines is 2. The molecule has 1 amide bonds. The van der Waals surface area contributed by atoms with Crippen LogP contribution < -0.4 is 10.6 Å². The van der Waals surface area contributed by atoms with Crippen LogP contribution >= 0.6 is 0 Å². The van der Waals surface area contributed by atoms with E-state index in [9.17, 15) is 9.18 Å². The number of aryl methyl sites for hydroxylation is 1. The molecule has 3 rings (SSSR count). The van der Waals surface area contributed by atoms with E-state index < -0.39 is 0 Å². The minimum atomic E-state index is -0.350. The molecule has 0 radical (unpaired) electrons. The minimum absolute atomic E-state index is 0.251. The largest absolute Gasteiger partial charge is 0.348 e. The predicted molar refractivity (Wildman–Crippen MR) is 94.1 cm³/mol. The standard InChI is InChI=1S/C19H17FN4O/c1-13-4-2-5-14(8-13)10-21-18(25)15-11-22-19(23-12-15)24-17-7-3-6-16(20)9-17/h2-9,11-12H,10H2,1H3,(H,21,25)(H,22,23,24). The van der Waals surface area contributed by atoms with Crippen LogP contribution in [0.25, 0.3) is 0 Å². The molecule has 2 N–H and O–H groups in total. The molecule has 2 aromatic carbocycles. The number of rotatable bonds is 5. The summed E-state index contributed by atoms with van der Waals surface area (Å²) in [5.74, 6) is -0.309. The van der Waals surface area contributed by atoms with Gasteiger partial charge in [-0.3, -0.25) is 4.79 Å². The van der Waals surface area contributed by atoms with E-state index in [2.05, 4.69) is 20.6 Å². The lowest BCUT2D eigenvalue weighted by molar-refractivity contribution is 0.0950. The Morgan fingerprint density at radius 3 is 2.56 bits per heavy atom. The molecule has 126 valence electrons. The minimum Gasteiger partial charge on any atom is -0.348 e. The third-order valence-corrected chi connectivity index (χ3v) is 3.53. The van der Waals surface area contributed by atoms with Crippen molar-refractivity contribution < 1.29 is 9.18 Å². The number of halogens is 1. The molecule has 0 aliphatic rings. The molecule has 0 bridgehead atoms. The number of nitrogens with zero attached hydrogens (tertiary/aromatic N) is 2. The molecular formula is C19H17FN4O. The maximum Gasteiger partial charge on any atom is 0.254 e. The number of nitrogens with one attached hydrogen (secondary N) is 2. The molecule has 5 nitrogen and oxygen atoms in total. The van der Waals surface area contributed by atoms with Gasteiger partial charge in [0.15, 0.2) is 0 Å².